The van der Waals surface area contributed by atoms with Crippen molar-refractivity contribution in [2.45, 2.75) is 51.4 Å². The molecule has 5 heteroatoms. The zero-order chi connectivity index (χ0) is 12.9. The van der Waals surface area contributed by atoms with Crippen LogP contribution in [0, 0.1) is 0 Å². The van der Waals surface area contributed by atoms with Gasteiger partial charge in [-0.15, -0.1) is 0 Å². The van der Waals surface area contributed by atoms with E-state index in [2.05, 4.69) is 5.32 Å². The number of rotatable bonds is 11. The van der Waals surface area contributed by atoms with Crippen molar-refractivity contribution in [3.63, 3.8) is 0 Å². The number of hydrogen-bond acceptors (Lipinski definition) is 3. The fourth-order valence-electron chi connectivity index (χ4n) is 1.58. The van der Waals surface area contributed by atoms with Crippen LogP contribution in [0.3, 0.4) is 0 Å². The van der Waals surface area contributed by atoms with E-state index in [1.54, 1.807) is 0 Å². The van der Waals surface area contributed by atoms with Gasteiger partial charge < -0.3 is 16.2 Å². The van der Waals surface area contributed by atoms with Crippen molar-refractivity contribution in [1.82, 2.24) is 5.32 Å². The molecule has 0 saturated carbocycles. The Kier molecular flexibility index (Phi) is 10.7. The zero-order valence-corrected chi connectivity index (χ0v) is 10.4. The molecule has 0 aromatic heterocycles. The number of carbonyl (C=O) groups is 2. The topological polar surface area (TPSA) is 92.4 Å². The second-order valence-electron chi connectivity index (χ2n) is 4.16. The highest BCUT2D eigenvalue weighted by Gasteiger charge is 1.99. The lowest BCUT2D eigenvalue weighted by atomic mass is 10.1. The normalized spacial score (nSPS) is 10.2. The summed E-state index contributed by atoms with van der Waals surface area (Å²) >= 11 is 0. The maximum Gasteiger partial charge on any atom is 0.220 e. The first-order valence-corrected chi connectivity index (χ1v) is 6.32. The second-order valence-corrected chi connectivity index (χ2v) is 4.16. The van der Waals surface area contributed by atoms with Crippen molar-refractivity contribution in [2.24, 2.45) is 5.73 Å². The van der Waals surface area contributed by atoms with Gasteiger partial charge in [-0.2, -0.15) is 0 Å². The first kappa shape index (κ1) is 15.9. The summed E-state index contributed by atoms with van der Waals surface area (Å²) in [6, 6.07) is 0. The quantitative estimate of drug-likeness (QED) is 0.467. The minimum absolute atomic E-state index is 0.00720. The monoisotopic (exact) mass is 244 g/mol. The molecular formula is C12H24N2O3. The molecule has 0 bridgehead atoms. The SMILES string of the molecule is NC(=O)CCCCCCCCC(=O)NCCO. The van der Waals surface area contributed by atoms with Crippen LogP contribution in [-0.2, 0) is 9.59 Å². The van der Waals surface area contributed by atoms with Gasteiger partial charge in [0.2, 0.25) is 11.8 Å². The number of carbonyl (C=O) groups excluding carboxylic acids is 2. The van der Waals surface area contributed by atoms with E-state index in [1.165, 1.54) is 0 Å². The van der Waals surface area contributed by atoms with Gasteiger partial charge in [-0.3, -0.25) is 9.59 Å². The zero-order valence-electron chi connectivity index (χ0n) is 10.4. The predicted octanol–water partition coefficient (Wildman–Crippen LogP) is 0.701. The molecule has 0 atom stereocenters. The number of aliphatic hydroxyl groups excluding tert-OH is 1. The molecule has 0 aliphatic heterocycles. The van der Waals surface area contributed by atoms with Crippen molar-refractivity contribution >= 4 is 11.8 Å². The summed E-state index contributed by atoms with van der Waals surface area (Å²) in [5.41, 5.74) is 5.03. The van der Waals surface area contributed by atoms with E-state index in [0.717, 1.165) is 38.5 Å². The molecule has 0 rings (SSSR count). The second kappa shape index (κ2) is 11.4. The molecule has 0 aromatic rings. The Morgan fingerprint density at radius 1 is 0.941 bits per heavy atom. The molecule has 0 aliphatic carbocycles. The Morgan fingerprint density at radius 3 is 2.00 bits per heavy atom. The molecule has 0 aliphatic rings. The summed E-state index contributed by atoms with van der Waals surface area (Å²) in [6.07, 6.45) is 6.99. The number of unbranched alkanes of at least 4 members (excludes halogenated alkanes) is 5. The van der Waals surface area contributed by atoms with E-state index in [1.807, 2.05) is 0 Å². The first-order valence-electron chi connectivity index (χ1n) is 6.32. The van der Waals surface area contributed by atoms with Crippen LogP contribution in [0.1, 0.15) is 51.4 Å². The van der Waals surface area contributed by atoms with Crippen LogP contribution in [0.15, 0.2) is 0 Å². The van der Waals surface area contributed by atoms with Gasteiger partial charge in [0.25, 0.3) is 0 Å². The van der Waals surface area contributed by atoms with Gasteiger partial charge in [-0.05, 0) is 12.8 Å². The number of amides is 2. The molecule has 0 aromatic carbocycles. The molecule has 0 heterocycles. The van der Waals surface area contributed by atoms with Crippen molar-refractivity contribution in [3.8, 4) is 0 Å². The summed E-state index contributed by atoms with van der Waals surface area (Å²) in [5.74, 6) is -0.224. The lowest BCUT2D eigenvalue weighted by Gasteiger charge is -2.03. The number of nitrogens with one attached hydrogen (secondary N) is 1. The molecule has 4 N–H and O–H groups in total. The standard InChI is InChI=1S/C12H24N2O3/c13-11(16)7-5-3-1-2-4-6-8-12(17)14-9-10-15/h15H,1-10H2,(H2,13,16)(H,14,17). The lowest BCUT2D eigenvalue weighted by Crippen LogP contribution is -2.25. The van der Waals surface area contributed by atoms with Crippen LogP contribution in [0.25, 0.3) is 0 Å². The van der Waals surface area contributed by atoms with Crippen LogP contribution in [0.2, 0.25) is 0 Å². The fourth-order valence-corrected chi connectivity index (χ4v) is 1.58. The van der Waals surface area contributed by atoms with Crippen LogP contribution in [-0.4, -0.2) is 30.1 Å². The van der Waals surface area contributed by atoms with E-state index >= 15 is 0 Å². The largest absolute Gasteiger partial charge is 0.395 e. The van der Waals surface area contributed by atoms with E-state index in [4.69, 9.17) is 10.8 Å². The highest BCUT2D eigenvalue weighted by atomic mass is 16.3. The van der Waals surface area contributed by atoms with E-state index in [9.17, 15) is 9.59 Å². The highest BCUT2D eigenvalue weighted by molar-refractivity contribution is 5.75. The van der Waals surface area contributed by atoms with Crippen LogP contribution >= 0.6 is 0 Å². The van der Waals surface area contributed by atoms with Crippen LogP contribution < -0.4 is 11.1 Å². The average molecular weight is 244 g/mol. The first-order chi connectivity index (χ1) is 8.16. The molecule has 2 amide bonds. The van der Waals surface area contributed by atoms with Gasteiger partial charge in [0.15, 0.2) is 0 Å². The average Bonchev–Trinajstić information content (AvgIpc) is 2.29. The third-order valence-electron chi connectivity index (χ3n) is 2.51. The summed E-state index contributed by atoms with van der Waals surface area (Å²) in [6.45, 7) is 0.331. The molecule has 5 nitrogen and oxygen atoms in total. The number of primary amides is 1. The van der Waals surface area contributed by atoms with E-state index in [-0.39, 0.29) is 18.4 Å². The Labute approximate surface area is 103 Å². The molecule has 0 saturated heterocycles. The molecule has 17 heavy (non-hydrogen) atoms. The molecule has 0 spiro atoms. The Morgan fingerprint density at radius 2 is 1.47 bits per heavy atom. The maximum atomic E-state index is 11.1. The van der Waals surface area contributed by atoms with Crippen molar-refractivity contribution in [2.75, 3.05) is 13.2 Å². The van der Waals surface area contributed by atoms with Gasteiger partial charge in [-0.25, -0.2) is 0 Å². The van der Waals surface area contributed by atoms with E-state index < -0.39 is 0 Å². The third-order valence-corrected chi connectivity index (χ3v) is 2.51. The smallest absolute Gasteiger partial charge is 0.220 e. The van der Waals surface area contributed by atoms with E-state index in [0.29, 0.717) is 19.4 Å². The minimum atomic E-state index is -0.231. The number of aliphatic hydroxyl groups is 1. The van der Waals surface area contributed by atoms with Crippen molar-refractivity contribution < 1.29 is 14.7 Å². The molecule has 0 unspecified atom stereocenters. The van der Waals surface area contributed by atoms with Crippen LogP contribution in [0.5, 0.6) is 0 Å². The van der Waals surface area contributed by atoms with Gasteiger partial charge in [0, 0.05) is 19.4 Å². The summed E-state index contributed by atoms with van der Waals surface area (Å²) in [5, 5.41) is 11.1. The number of nitrogens with two attached hydrogens (primary N) is 1. The summed E-state index contributed by atoms with van der Waals surface area (Å²) in [7, 11) is 0. The maximum absolute atomic E-state index is 11.1. The number of hydrogen-bond donors (Lipinski definition) is 3. The van der Waals surface area contributed by atoms with Gasteiger partial charge >= 0.3 is 0 Å². The predicted molar refractivity (Wildman–Crippen MR) is 66.2 cm³/mol. The summed E-state index contributed by atoms with van der Waals surface area (Å²) in [4.78, 5) is 21.6. The molecular weight excluding hydrogens is 220 g/mol. The van der Waals surface area contributed by atoms with Gasteiger partial charge in [-0.1, -0.05) is 25.7 Å². The van der Waals surface area contributed by atoms with Crippen molar-refractivity contribution in [3.05, 3.63) is 0 Å². The fraction of sp³-hybridized carbons (Fsp3) is 0.833. The lowest BCUT2D eigenvalue weighted by molar-refractivity contribution is -0.121. The highest BCUT2D eigenvalue weighted by Crippen LogP contribution is 2.08. The summed E-state index contributed by atoms with van der Waals surface area (Å²) < 4.78 is 0. The Hall–Kier alpha value is -1.10. The van der Waals surface area contributed by atoms with Gasteiger partial charge in [0.05, 0.1) is 6.61 Å². The minimum Gasteiger partial charge on any atom is -0.395 e. The third kappa shape index (κ3) is 12.8. The molecule has 100 valence electrons. The molecule has 0 radical (unpaired) electrons. The van der Waals surface area contributed by atoms with Crippen LogP contribution in [0.4, 0.5) is 0 Å². The van der Waals surface area contributed by atoms with Crippen molar-refractivity contribution in [1.29, 1.82) is 0 Å². The molecule has 0 fully saturated rings. The van der Waals surface area contributed by atoms with Gasteiger partial charge in [0.1, 0.15) is 0 Å². The Balaban J connectivity index is 3.12. The Bertz CT molecular complexity index is 220.